The summed E-state index contributed by atoms with van der Waals surface area (Å²) < 4.78 is 6.13. The van der Waals surface area contributed by atoms with Crippen molar-refractivity contribution in [3.63, 3.8) is 0 Å². The number of thiocarbonyl (C=S) groups is 1. The van der Waals surface area contributed by atoms with Crippen LogP contribution in [0.3, 0.4) is 0 Å². The Kier molecular flexibility index (Phi) is 5.06. The average molecular weight is 412 g/mol. The fraction of sp³-hybridized carbons (Fsp3) is 0.150. The average Bonchev–Trinajstić information content (AvgIpc) is 3.00. The number of anilines is 2. The molecule has 2 aliphatic rings. The van der Waals surface area contributed by atoms with Gasteiger partial charge in [0.25, 0.3) is 5.91 Å². The molecule has 142 valence electrons. The van der Waals surface area contributed by atoms with Crippen molar-refractivity contribution in [2.45, 2.75) is 6.92 Å². The Labute approximate surface area is 171 Å². The van der Waals surface area contributed by atoms with Crippen molar-refractivity contribution in [2.75, 3.05) is 23.4 Å². The minimum atomic E-state index is -0.229. The lowest BCUT2D eigenvalue weighted by molar-refractivity contribution is -0.115. The molecule has 4 rings (SSSR count). The molecule has 0 bridgehead atoms. The Balaban J connectivity index is 1.60. The predicted octanol–water partition coefficient (Wildman–Crippen LogP) is 3.91. The van der Waals surface area contributed by atoms with Crippen LogP contribution in [0, 0.1) is 6.92 Å². The summed E-state index contributed by atoms with van der Waals surface area (Å²) in [5, 5.41) is 5.51. The number of fused-ring (bicyclic) bond motifs is 1. The fourth-order valence-electron chi connectivity index (χ4n) is 2.94. The smallest absolute Gasteiger partial charge is 0.326 e. The Hall–Kier alpha value is -2.84. The molecule has 0 atom stereocenters. The van der Waals surface area contributed by atoms with Crippen LogP contribution in [-0.4, -0.2) is 29.4 Å². The van der Waals surface area contributed by atoms with E-state index in [2.05, 4.69) is 10.6 Å². The molecular formula is C20H17N3O3S2. The van der Waals surface area contributed by atoms with Gasteiger partial charge in [0.15, 0.2) is 0 Å². The van der Waals surface area contributed by atoms with Gasteiger partial charge < -0.3 is 15.4 Å². The lowest BCUT2D eigenvalue weighted by Crippen LogP contribution is -2.40. The first-order valence-corrected chi connectivity index (χ1v) is 9.89. The summed E-state index contributed by atoms with van der Waals surface area (Å²) >= 11 is 6.24. The van der Waals surface area contributed by atoms with Crippen LogP contribution in [-0.2, 0) is 4.79 Å². The monoisotopic (exact) mass is 411 g/mol. The third kappa shape index (κ3) is 3.88. The molecule has 28 heavy (non-hydrogen) atoms. The number of nitrogens with zero attached hydrogens (tertiary/aromatic N) is 1. The van der Waals surface area contributed by atoms with Gasteiger partial charge >= 0.3 is 6.03 Å². The molecule has 0 aromatic heterocycles. The van der Waals surface area contributed by atoms with Gasteiger partial charge in [-0.15, -0.1) is 0 Å². The molecule has 6 nitrogen and oxygen atoms in total. The Morgan fingerprint density at radius 3 is 2.79 bits per heavy atom. The first-order chi connectivity index (χ1) is 13.5. The number of hydrogen-bond donors (Lipinski definition) is 2. The maximum atomic E-state index is 12.8. The number of benzene rings is 2. The molecular weight excluding hydrogens is 394 g/mol. The van der Waals surface area contributed by atoms with E-state index >= 15 is 0 Å². The molecule has 2 aliphatic heterocycles. The molecule has 8 heteroatoms. The van der Waals surface area contributed by atoms with E-state index in [0.717, 1.165) is 16.8 Å². The van der Waals surface area contributed by atoms with Gasteiger partial charge in [-0.1, -0.05) is 47.7 Å². The minimum Gasteiger partial charge on any atom is -0.490 e. The molecule has 0 spiro atoms. The van der Waals surface area contributed by atoms with Crippen LogP contribution in [0.4, 0.5) is 16.2 Å². The van der Waals surface area contributed by atoms with Crippen molar-refractivity contribution >= 4 is 57.7 Å². The second-order valence-electron chi connectivity index (χ2n) is 6.38. The van der Waals surface area contributed by atoms with Crippen LogP contribution in [0.2, 0.25) is 0 Å². The van der Waals surface area contributed by atoms with Crippen molar-refractivity contribution in [3.8, 4) is 5.75 Å². The molecule has 3 amide bonds. The van der Waals surface area contributed by atoms with Crippen LogP contribution in [0.5, 0.6) is 5.75 Å². The first kappa shape index (κ1) is 18.5. The van der Waals surface area contributed by atoms with E-state index in [1.165, 1.54) is 11.8 Å². The van der Waals surface area contributed by atoms with Gasteiger partial charge in [-0.2, -0.15) is 0 Å². The highest BCUT2D eigenvalue weighted by atomic mass is 32.2. The van der Waals surface area contributed by atoms with Crippen LogP contribution in [0.1, 0.15) is 11.1 Å². The van der Waals surface area contributed by atoms with Crippen LogP contribution < -0.4 is 20.3 Å². The maximum Gasteiger partial charge on any atom is 0.326 e. The molecule has 0 saturated carbocycles. The zero-order valence-corrected chi connectivity index (χ0v) is 16.7. The molecule has 2 N–H and O–H groups in total. The van der Waals surface area contributed by atoms with Crippen LogP contribution in [0.15, 0.2) is 47.4 Å². The predicted molar refractivity (Wildman–Crippen MR) is 116 cm³/mol. The number of rotatable bonds is 2. The Morgan fingerprint density at radius 2 is 2.07 bits per heavy atom. The quantitative estimate of drug-likeness (QED) is 0.579. The van der Waals surface area contributed by atoms with Crippen molar-refractivity contribution in [1.82, 2.24) is 5.32 Å². The van der Waals surface area contributed by atoms with Gasteiger partial charge in [0.1, 0.15) is 16.7 Å². The van der Waals surface area contributed by atoms with E-state index in [0.29, 0.717) is 33.8 Å². The summed E-state index contributed by atoms with van der Waals surface area (Å²) in [5.74, 6) is 0.421. The maximum absolute atomic E-state index is 12.8. The van der Waals surface area contributed by atoms with Gasteiger partial charge in [0.2, 0.25) is 0 Å². The van der Waals surface area contributed by atoms with Crippen molar-refractivity contribution < 1.29 is 14.3 Å². The van der Waals surface area contributed by atoms with Crippen LogP contribution >= 0.6 is 24.0 Å². The fourth-order valence-corrected chi connectivity index (χ4v) is 3.98. The van der Waals surface area contributed by atoms with Gasteiger partial charge in [-0.3, -0.25) is 9.69 Å². The molecule has 2 heterocycles. The third-order valence-electron chi connectivity index (χ3n) is 4.33. The molecule has 2 aromatic rings. The van der Waals surface area contributed by atoms with E-state index in [1.807, 2.05) is 49.4 Å². The lowest BCUT2D eigenvalue weighted by Gasteiger charge is -2.30. The lowest BCUT2D eigenvalue weighted by atomic mass is 10.1. The molecule has 1 saturated heterocycles. The van der Waals surface area contributed by atoms with E-state index < -0.39 is 0 Å². The molecule has 2 aromatic carbocycles. The largest absolute Gasteiger partial charge is 0.490 e. The number of amides is 3. The number of carbonyl (C=O) groups is 2. The number of nitrogens with one attached hydrogen (secondary N) is 2. The first-order valence-electron chi connectivity index (χ1n) is 8.66. The SMILES string of the molecule is Cc1ccc(NC(=O)N2CCOc3ccc(C=C4SC(=S)NC4=O)cc32)cc1. The second-order valence-corrected chi connectivity index (χ2v) is 8.09. The van der Waals surface area contributed by atoms with Gasteiger partial charge in [-0.05, 0) is 42.8 Å². The van der Waals surface area contributed by atoms with E-state index in [-0.39, 0.29) is 11.9 Å². The summed E-state index contributed by atoms with van der Waals surface area (Å²) in [5.41, 5.74) is 3.31. The topological polar surface area (TPSA) is 70.7 Å². The highest BCUT2D eigenvalue weighted by Gasteiger charge is 2.25. The third-order valence-corrected chi connectivity index (χ3v) is 5.50. The number of thioether (sulfide) groups is 1. The molecule has 0 radical (unpaired) electrons. The van der Waals surface area contributed by atoms with E-state index in [4.69, 9.17) is 17.0 Å². The highest BCUT2D eigenvalue weighted by Crippen LogP contribution is 2.35. The number of carbonyl (C=O) groups excluding carboxylic acids is 2. The van der Waals surface area contributed by atoms with Gasteiger partial charge in [0, 0.05) is 5.69 Å². The summed E-state index contributed by atoms with van der Waals surface area (Å²) in [6.45, 7) is 2.85. The highest BCUT2D eigenvalue weighted by molar-refractivity contribution is 8.26. The molecule has 1 fully saturated rings. The Morgan fingerprint density at radius 1 is 1.29 bits per heavy atom. The zero-order chi connectivity index (χ0) is 19.7. The summed E-state index contributed by atoms with van der Waals surface area (Å²) in [4.78, 5) is 26.9. The van der Waals surface area contributed by atoms with Gasteiger partial charge in [-0.25, -0.2) is 4.79 Å². The summed E-state index contributed by atoms with van der Waals surface area (Å²) in [7, 11) is 0. The van der Waals surface area contributed by atoms with E-state index in [1.54, 1.807) is 11.0 Å². The van der Waals surface area contributed by atoms with Crippen molar-refractivity contribution in [3.05, 3.63) is 58.5 Å². The minimum absolute atomic E-state index is 0.210. The number of aryl methyl sites for hydroxylation is 1. The second kappa shape index (κ2) is 7.65. The van der Waals surface area contributed by atoms with Crippen molar-refractivity contribution in [1.29, 1.82) is 0 Å². The number of urea groups is 1. The van der Waals surface area contributed by atoms with Crippen LogP contribution in [0.25, 0.3) is 6.08 Å². The Bertz CT molecular complexity index is 1000. The summed E-state index contributed by atoms with van der Waals surface area (Å²) in [6, 6.07) is 12.9. The summed E-state index contributed by atoms with van der Waals surface area (Å²) in [6.07, 6.45) is 1.75. The number of ether oxygens (including phenoxy) is 1. The van der Waals surface area contributed by atoms with Gasteiger partial charge in [0.05, 0.1) is 17.1 Å². The number of hydrogen-bond acceptors (Lipinski definition) is 5. The normalized spacial score (nSPS) is 17.2. The van der Waals surface area contributed by atoms with Crippen molar-refractivity contribution in [2.24, 2.45) is 0 Å². The van der Waals surface area contributed by atoms with E-state index in [9.17, 15) is 9.59 Å². The zero-order valence-electron chi connectivity index (χ0n) is 15.0. The standard InChI is InChI=1S/C20H17N3O3S2/c1-12-2-5-14(6-3-12)21-19(25)23-8-9-26-16-7-4-13(10-15(16)23)11-17-18(24)22-20(27)28-17/h2-7,10-11H,8-9H2,1H3,(H,21,25)(H,22,24,27). The molecule has 0 aliphatic carbocycles. The molecule has 0 unspecified atom stereocenters.